The van der Waals surface area contributed by atoms with Gasteiger partial charge in [0.2, 0.25) is 6.39 Å². The molecule has 0 fully saturated rings. The van der Waals surface area contributed by atoms with E-state index in [0.717, 1.165) is 0 Å². The predicted octanol–water partition coefficient (Wildman–Crippen LogP) is 0.366. The summed E-state index contributed by atoms with van der Waals surface area (Å²) in [6.07, 6.45) is 2.10. The Morgan fingerprint density at radius 1 is 1.71 bits per heavy atom. The van der Waals surface area contributed by atoms with Crippen LogP contribution in [0, 0.1) is 0 Å². The van der Waals surface area contributed by atoms with Crippen LogP contribution in [-0.2, 0) is 11.3 Å². The first kappa shape index (κ1) is 10.6. The highest BCUT2D eigenvalue weighted by Gasteiger charge is 2.04. The fourth-order valence-electron chi connectivity index (χ4n) is 1.08. The summed E-state index contributed by atoms with van der Waals surface area (Å²) >= 11 is 0. The van der Waals surface area contributed by atoms with E-state index in [1.165, 1.54) is 6.39 Å². The number of carboxylic acid groups (broad SMARTS) is 1. The van der Waals surface area contributed by atoms with Crippen molar-refractivity contribution in [3.63, 3.8) is 0 Å². The molecule has 0 aliphatic heterocycles. The zero-order valence-corrected chi connectivity index (χ0v) is 8.01. The van der Waals surface area contributed by atoms with E-state index >= 15 is 0 Å². The Morgan fingerprint density at radius 2 is 2.50 bits per heavy atom. The molecule has 6 nitrogen and oxygen atoms in total. The molecule has 0 aliphatic rings. The monoisotopic (exact) mass is 199 g/mol. The molecular weight excluding hydrogens is 186 g/mol. The van der Waals surface area contributed by atoms with E-state index in [1.54, 1.807) is 0 Å². The highest BCUT2D eigenvalue weighted by Crippen LogP contribution is 1.98. The summed E-state index contributed by atoms with van der Waals surface area (Å²) in [6, 6.07) is 0. The topological polar surface area (TPSA) is 79.5 Å². The van der Waals surface area contributed by atoms with Crippen LogP contribution in [0.2, 0.25) is 0 Å². The lowest BCUT2D eigenvalue weighted by Gasteiger charge is -2.12. The van der Waals surface area contributed by atoms with Crippen LogP contribution in [0.3, 0.4) is 0 Å². The standard InChI is InChI=1S/C8H13N3O3/c1-11(4-2-3-8(12)13)5-7-9-6-14-10-7/h6H,2-5H2,1H3,(H,12,13). The quantitative estimate of drug-likeness (QED) is 0.712. The number of carboxylic acids is 1. The molecule has 1 aromatic heterocycles. The van der Waals surface area contributed by atoms with E-state index in [2.05, 4.69) is 14.7 Å². The van der Waals surface area contributed by atoms with E-state index in [4.69, 9.17) is 5.11 Å². The second-order valence-electron chi connectivity index (χ2n) is 3.08. The molecule has 0 aliphatic carbocycles. The van der Waals surface area contributed by atoms with Gasteiger partial charge in [-0.25, -0.2) is 0 Å². The summed E-state index contributed by atoms with van der Waals surface area (Å²) < 4.78 is 4.58. The zero-order valence-electron chi connectivity index (χ0n) is 8.01. The van der Waals surface area contributed by atoms with Gasteiger partial charge in [-0.05, 0) is 20.0 Å². The Bertz CT molecular complexity index is 273. The van der Waals surface area contributed by atoms with E-state index in [-0.39, 0.29) is 6.42 Å². The van der Waals surface area contributed by atoms with Gasteiger partial charge in [0.05, 0.1) is 6.54 Å². The maximum atomic E-state index is 10.2. The van der Waals surface area contributed by atoms with E-state index in [9.17, 15) is 4.79 Å². The van der Waals surface area contributed by atoms with Gasteiger partial charge in [-0.15, -0.1) is 0 Å². The average molecular weight is 199 g/mol. The molecule has 6 heteroatoms. The highest BCUT2D eigenvalue weighted by atomic mass is 16.5. The van der Waals surface area contributed by atoms with Crippen LogP contribution in [0.15, 0.2) is 10.9 Å². The zero-order chi connectivity index (χ0) is 10.4. The summed E-state index contributed by atoms with van der Waals surface area (Å²) in [6.45, 7) is 1.29. The number of aliphatic carboxylic acids is 1. The van der Waals surface area contributed by atoms with Gasteiger partial charge in [0.15, 0.2) is 5.82 Å². The number of aromatic nitrogens is 2. The van der Waals surface area contributed by atoms with Crippen LogP contribution >= 0.6 is 0 Å². The van der Waals surface area contributed by atoms with Crippen molar-refractivity contribution in [1.29, 1.82) is 0 Å². The van der Waals surface area contributed by atoms with Crippen LogP contribution in [-0.4, -0.2) is 39.7 Å². The van der Waals surface area contributed by atoms with E-state index in [0.29, 0.717) is 25.3 Å². The predicted molar refractivity (Wildman–Crippen MR) is 47.5 cm³/mol. The summed E-state index contributed by atoms with van der Waals surface area (Å²) in [5.41, 5.74) is 0. The third kappa shape index (κ3) is 3.99. The second-order valence-corrected chi connectivity index (χ2v) is 3.08. The minimum absolute atomic E-state index is 0.191. The number of rotatable bonds is 6. The van der Waals surface area contributed by atoms with Gasteiger partial charge in [0.1, 0.15) is 0 Å². The summed E-state index contributed by atoms with van der Waals surface area (Å²) in [4.78, 5) is 16.1. The van der Waals surface area contributed by atoms with Crippen molar-refractivity contribution < 1.29 is 14.4 Å². The molecular formula is C8H13N3O3. The minimum Gasteiger partial charge on any atom is -0.481 e. The van der Waals surface area contributed by atoms with Gasteiger partial charge in [-0.3, -0.25) is 9.69 Å². The van der Waals surface area contributed by atoms with Crippen LogP contribution in [0.4, 0.5) is 0 Å². The van der Waals surface area contributed by atoms with E-state index < -0.39 is 5.97 Å². The van der Waals surface area contributed by atoms with Gasteiger partial charge < -0.3 is 9.63 Å². The summed E-state index contributed by atoms with van der Waals surface area (Å²) in [5.74, 6) is -0.152. The fourth-order valence-corrected chi connectivity index (χ4v) is 1.08. The van der Waals surface area contributed by atoms with Crippen molar-refractivity contribution in [2.75, 3.05) is 13.6 Å². The Kier molecular flexibility index (Phi) is 4.06. The van der Waals surface area contributed by atoms with Crippen LogP contribution in [0.5, 0.6) is 0 Å². The third-order valence-corrected chi connectivity index (χ3v) is 1.75. The maximum Gasteiger partial charge on any atom is 0.303 e. The maximum absolute atomic E-state index is 10.2. The molecule has 0 saturated heterocycles. The molecule has 0 radical (unpaired) electrons. The summed E-state index contributed by atoms with van der Waals surface area (Å²) in [5, 5.41) is 12.1. The van der Waals surface area contributed by atoms with Crippen LogP contribution in [0.25, 0.3) is 0 Å². The van der Waals surface area contributed by atoms with Gasteiger partial charge in [0.25, 0.3) is 0 Å². The Morgan fingerprint density at radius 3 is 3.07 bits per heavy atom. The molecule has 14 heavy (non-hydrogen) atoms. The lowest BCUT2D eigenvalue weighted by Crippen LogP contribution is -2.20. The van der Waals surface area contributed by atoms with Gasteiger partial charge in [-0.1, -0.05) is 5.16 Å². The molecule has 0 unspecified atom stereocenters. The first-order valence-corrected chi connectivity index (χ1v) is 4.34. The molecule has 0 bridgehead atoms. The average Bonchev–Trinajstić information content (AvgIpc) is 2.56. The van der Waals surface area contributed by atoms with Crippen molar-refractivity contribution >= 4 is 5.97 Å². The minimum atomic E-state index is -0.766. The van der Waals surface area contributed by atoms with Crippen molar-refractivity contribution in [2.24, 2.45) is 0 Å². The number of hydrogen-bond acceptors (Lipinski definition) is 5. The third-order valence-electron chi connectivity index (χ3n) is 1.75. The molecule has 0 saturated carbocycles. The number of nitrogens with zero attached hydrogens (tertiary/aromatic N) is 3. The Balaban J connectivity index is 2.16. The van der Waals surface area contributed by atoms with E-state index in [1.807, 2.05) is 11.9 Å². The van der Waals surface area contributed by atoms with Gasteiger partial charge in [-0.2, -0.15) is 4.98 Å². The van der Waals surface area contributed by atoms with Crippen molar-refractivity contribution in [3.05, 3.63) is 12.2 Å². The molecule has 1 heterocycles. The largest absolute Gasteiger partial charge is 0.481 e. The van der Waals surface area contributed by atoms with Crippen molar-refractivity contribution in [3.8, 4) is 0 Å². The first-order valence-electron chi connectivity index (χ1n) is 4.34. The van der Waals surface area contributed by atoms with Crippen LogP contribution < -0.4 is 0 Å². The smallest absolute Gasteiger partial charge is 0.303 e. The normalized spacial score (nSPS) is 10.7. The first-order chi connectivity index (χ1) is 6.68. The highest BCUT2D eigenvalue weighted by molar-refractivity contribution is 5.66. The summed E-state index contributed by atoms with van der Waals surface area (Å²) in [7, 11) is 1.89. The lowest BCUT2D eigenvalue weighted by molar-refractivity contribution is -0.137. The molecule has 0 spiro atoms. The fraction of sp³-hybridized carbons (Fsp3) is 0.625. The van der Waals surface area contributed by atoms with Crippen LogP contribution in [0.1, 0.15) is 18.7 Å². The van der Waals surface area contributed by atoms with Gasteiger partial charge >= 0.3 is 5.97 Å². The molecule has 0 aromatic carbocycles. The Hall–Kier alpha value is -1.43. The molecule has 1 rings (SSSR count). The number of hydrogen-bond donors (Lipinski definition) is 1. The molecule has 1 aromatic rings. The van der Waals surface area contributed by atoms with Crippen molar-refractivity contribution in [1.82, 2.24) is 15.0 Å². The molecule has 1 N–H and O–H groups in total. The SMILES string of the molecule is CN(CCCC(=O)O)Cc1ncon1. The van der Waals surface area contributed by atoms with Gasteiger partial charge in [0, 0.05) is 6.42 Å². The second kappa shape index (κ2) is 5.33. The number of carbonyl (C=O) groups is 1. The molecule has 78 valence electrons. The Labute approximate surface area is 81.5 Å². The molecule has 0 atom stereocenters. The lowest BCUT2D eigenvalue weighted by atomic mass is 10.3. The molecule has 0 amide bonds. The van der Waals surface area contributed by atoms with Crippen molar-refractivity contribution in [2.45, 2.75) is 19.4 Å².